The van der Waals surface area contributed by atoms with Crippen LogP contribution >= 0.6 is 0 Å². The molecule has 0 heterocycles. The first-order valence-electron chi connectivity index (χ1n) is 15.3. The van der Waals surface area contributed by atoms with E-state index in [1.54, 1.807) is 26.8 Å². The van der Waals surface area contributed by atoms with E-state index in [4.69, 9.17) is 18.9 Å². The van der Waals surface area contributed by atoms with Gasteiger partial charge < -0.3 is 24.1 Å². The quantitative estimate of drug-likeness (QED) is 0.213. The predicted octanol–water partition coefficient (Wildman–Crippen LogP) is 4.13. The van der Waals surface area contributed by atoms with Gasteiger partial charge in [0.25, 0.3) is 0 Å². The van der Waals surface area contributed by atoms with E-state index in [-0.39, 0.29) is 25.0 Å². The molecule has 1 aromatic rings. The summed E-state index contributed by atoms with van der Waals surface area (Å²) in [7, 11) is 0. The molecule has 0 aromatic heterocycles. The lowest BCUT2D eigenvalue weighted by Crippen LogP contribution is -2.65. The highest BCUT2D eigenvalue weighted by Gasteiger charge is 2.96. The van der Waals surface area contributed by atoms with Crippen LogP contribution in [0.15, 0.2) is 48.6 Å². The summed E-state index contributed by atoms with van der Waals surface area (Å²) in [5.41, 5.74) is -6.38. The van der Waals surface area contributed by atoms with Crippen molar-refractivity contribution < 1.29 is 48.0 Å². The first-order chi connectivity index (χ1) is 20.9. The smallest absolute Gasteiger partial charge is 0.331 e. The lowest BCUT2D eigenvalue weighted by molar-refractivity contribution is -0.220. The fraction of sp³-hybridized carbons (Fsp3) is 0.571. The highest BCUT2D eigenvalue weighted by Crippen LogP contribution is 2.87. The Bertz CT molecular complexity index is 1490. The maximum absolute atomic E-state index is 14.0. The van der Waals surface area contributed by atoms with Crippen molar-refractivity contribution >= 4 is 35.7 Å². The molecule has 9 unspecified atom stereocenters. The Balaban J connectivity index is 1.77. The van der Waals surface area contributed by atoms with Crippen molar-refractivity contribution in [1.82, 2.24) is 0 Å². The second-order valence-electron chi connectivity index (χ2n) is 13.8. The van der Waals surface area contributed by atoms with Gasteiger partial charge in [0, 0.05) is 55.4 Å². The standard InChI is InChI=1S/C35H42O10/c1-19-25(39)18-33(41)30(44-23(5)38)35-20(2)26(45-27(40)15-14-24-12-10-9-11-13-24)16-17-32(35,8)28(42-21(3)36)29(43-22(4)37)34(19,35)31(33,6)7/h9-15,19,26,28-30,41H,2,16-18H2,1,3-8H3. The number of fused-ring (bicyclic) bond motifs is 1. The number of ether oxygens (including phenoxy) is 4. The molecule has 4 fully saturated rings. The lowest BCUT2D eigenvalue weighted by Gasteiger charge is -2.60. The summed E-state index contributed by atoms with van der Waals surface area (Å²) in [6.45, 7) is 15.2. The van der Waals surface area contributed by atoms with Crippen molar-refractivity contribution in [2.75, 3.05) is 0 Å². The van der Waals surface area contributed by atoms with Crippen LogP contribution in [-0.2, 0) is 42.9 Å². The van der Waals surface area contributed by atoms with Gasteiger partial charge in [0.05, 0.1) is 5.41 Å². The van der Waals surface area contributed by atoms with E-state index in [0.29, 0.717) is 5.57 Å². The molecule has 0 amide bonds. The van der Waals surface area contributed by atoms with E-state index in [1.807, 2.05) is 37.3 Å². The summed E-state index contributed by atoms with van der Waals surface area (Å²) in [5, 5.41) is 12.7. The summed E-state index contributed by atoms with van der Waals surface area (Å²) < 4.78 is 24.2. The first kappa shape index (κ1) is 32.6. The number of rotatable bonds is 6. The normalized spacial score (nSPS) is 39.5. The largest absolute Gasteiger partial charge is 0.458 e. The number of aliphatic hydroxyl groups is 1. The third-order valence-electron chi connectivity index (χ3n) is 11.6. The molecule has 5 rings (SSSR count). The van der Waals surface area contributed by atoms with Gasteiger partial charge in [-0.15, -0.1) is 0 Å². The predicted molar refractivity (Wildman–Crippen MR) is 161 cm³/mol. The van der Waals surface area contributed by atoms with E-state index in [2.05, 4.69) is 6.58 Å². The summed E-state index contributed by atoms with van der Waals surface area (Å²) >= 11 is 0. The van der Waals surface area contributed by atoms with Crippen LogP contribution in [0.4, 0.5) is 0 Å². The molecule has 2 spiro atoms. The molecule has 242 valence electrons. The minimum absolute atomic E-state index is 0.231. The van der Waals surface area contributed by atoms with Gasteiger partial charge in [0.2, 0.25) is 0 Å². The Labute approximate surface area is 263 Å². The summed E-state index contributed by atoms with van der Waals surface area (Å²) in [6.07, 6.45) is -1.60. The second-order valence-corrected chi connectivity index (χ2v) is 13.8. The Hall–Kier alpha value is -3.79. The number of esters is 4. The molecular formula is C35H42O10. The molecule has 0 saturated heterocycles. The van der Waals surface area contributed by atoms with Crippen molar-refractivity contribution in [3.63, 3.8) is 0 Å². The van der Waals surface area contributed by atoms with Gasteiger partial charge in [-0.05, 0) is 30.1 Å². The number of ketones is 1. The molecule has 4 aliphatic carbocycles. The van der Waals surface area contributed by atoms with Gasteiger partial charge in [-0.25, -0.2) is 4.79 Å². The van der Waals surface area contributed by atoms with Crippen LogP contribution in [0.25, 0.3) is 6.08 Å². The molecule has 0 radical (unpaired) electrons. The number of hydrogen-bond donors (Lipinski definition) is 1. The van der Waals surface area contributed by atoms with E-state index >= 15 is 0 Å². The van der Waals surface area contributed by atoms with Crippen LogP contribution in [-0.4, -0.2) is 64.8 Å². The zero-order valence-corrected chi connectivity index (χ0v) is 26.9. The Morgan fingerprint density at radius 2 is 1.49 bits per heavy atom. The monoisotopic (exact) mass is 622 g/mol. The topological polar surface area (TPSA) is 142 Å². The van der Waals surface area contributed by atoms with E-state index in [9.17, 15) is 29.1 Å². The molecule has 45 heavy (non-hydrogen) atoms. The fourth-order valence-corrected chi connectivity index (χ4v) is 10.1. The van der Waals surface area contributed by atoms with Gasteiger partial charge in [0.1, 0.15) is 35.8 Å². The van der Waals surface area contributed by atoms with Gasteiger partial charge >= 0.3 is 23.9 Å². The molecule has 9 atom stereocenters. The molecule has 1 aromatic carbocycles. The SMILES string of the molecule is C=C1C(OC(=O)C=Cc2ccccc2)CCC2(C)C(OC(C)=O)C(OC(C)=O)C34C(C)C(=O)CC(O)(C(OC(C)=O)C123)C4(C)C. The average Bonchev–Trinajstić information content (AvgIpc) is 3.17. The maximum Gasteiger partial charge on any atom is 0.331 e. The van der Waals surface area contributed by atoms with Crippen LogP contribution in [0.2, 0.25) is 0 Å². The van der Waals surface area contributed by atoms with Crippen molar-refractivity contribution in [2.45, 2.75) is 97.7 Å². The molecule has 1 N–H and O–H groups in total. The van der Waals surface area contributed by atoms with Gasteiger partial charge in [-0.3, -0.25) is 19.2 Å². The molecule has 4 saturated carbocycles. The van der Waals surface area contributed by atoms with E-state index in [0.717, 1.165) is 5.56 Å². The molecule has 2 bridgehead atoms. The van der Waals surface area contributed by atoms with Crippen molar-refractivity contribution in [3.8, 4) is 0 Å². The minimum Gasteiger partial charge on any atom is -0.458 e. The maximum atomic E-state index is 14.0. The third-order valence-corrected chi connectivity index (χ3v) is 11.6. The number of Topliss-reactive ketones (excluding diaryl/α,β-unsaturated/α-hetero) is 1. The number of benzene rings is 1. The summed E-state index contributed by atoms with van der Waals surface area (Å²) in [4.78, 5) is 65.5. The van der Waals surface area contributed by atoms with Crippen LogP contribution in [0.1, 0.15) is 73.3 Å². The molecule has 10 nitrogen and oxygen atoms in total. The Morgan fingerprint density at radius 1 is 0.911 bits per heavy atom. The molecule has 10 heteroatoms. The van der Waals surface area contributed by atoms with Crippen LogP contribution < -0.4 is 0 Å². The second kappa shape index (κ2) is 10.6. The van der Waals surface area contributed by atoms with Gasteiger partial charge in [-0.2, -0.15) is 0 Å². The molecular weight excluding hydrogens is 580 g/mol. The van der Waals surface area contributed by atoms with Gasteiger partial charge in [0.15, 0.2) is 0 Å². The summed E-state index contributed by atoms with van der Waals surface area (Å²) in [5.74, 6) is -3.88. The fourth-order valence-electron chi connectivity index (χ4n) is 10.1. The van der Waals surface area contributed by atoms with Crippen LogP contribution in [0, 0.1) is 27.6 Å². The lowest BCUT2D eigenvalue weighted by atomic mass is 9.42. The van der Waals surface area contributed by atoms with Gasteiger partial charge in [-0.1, -0.05) is 64.6 Å². The number of hydrogen-bond acceptors (Lipinski definition) is 10. The zero-order valence-electron chi connectivity index (χ0n) is 26.9. The minimum atomic E-state index is -1.94. The van der Waals surface area contributed by atoms with Crippen molar-refractivity contribution in [1.29, 1.82) is 0 Å². The van der Waals surface area contributed by atoms with Crippen molar-refractivity contribution in [2.24, 2.45) is 27.6 Å². The first-order valence-corrected chi connectivity index (χ1v) is 15.3. The van der Waals surface area contributed by atoms with Crippen LogP contribution in [0.5, 0.6) is 0 Å². The van der Waals surface area contributed by atoms with E-state index < -0.39 is 81.5 Å². The Kier molecular flexibility index (Phi) is 7.71. The number of carbonyl (C=O) groups is 5. The third kappa shape index (κ3) is 4.06. The van der Waals surface area contributed by atoms with Crippen LogP contribution in [0.3, 0.4) is 0 Å². The molecule has 0 aliphatic heterocycles. The highest BCUT2D eigenvalue weighted by atomic mass is 16.6. The van der Waals surface area contributed by atoms with E-state index in [1.165, 1.54) is 26.8 Å². The zero-order chi connectivity index (χ0) is 33.3. The molecule has 4 aliphatic rings. The number of carbonyl (C=O) groups excluding carboxylic acids is 5. The Morgan fingerprint density at radius 3 is 2.07 bits per heavy atom. The summed E-state index contributed by atoms with van der Waals surface area (Å²) in [6, 6.07) is 9.22. The highest BCUT2D eigenvalue weighted by molar-refractivity contribution is 5.88. The van der Waals surface area contributed by atoms with Crippen molar-refractivity contribution in [3.05, 3.63) is 54.1 Å². The average molecular weight is 623 g/mol.